The van der Waals surface area contributed by atoms with Gasteiger partial charge in [-0.3, -0.25) is 4.99 Å². The van der Waals surface area contributed by atoms with E-state index in [1.54, 1.807) is 0 Å². The molecule has 2 aliphatic rings. The van der Waals surface area contributed by atoms with E-state index >= 15 is 0 Å². The molecule has 2 N–H and O–H groups in total. The quantitative estimate of drug-likeness (QED) is 0.216. The molecule has 0 aromatic heterocycles. The molecule has 1 saturated heterocycles. The van der Waals surface area contributed by atoms with E-state index in [2.05, 4.69) is 48.1 Å². The normalized spacial score (nSPS) is 24.8. The Labute approximate surface area is 191 Å². The first-order valence-corrected chi connectivity index (χ1v) is 11.6. The molecule has 0 amide bonds. The highest BCUT2D eigenvalue weighted by Gasteiger charge is 2.23. The number of hydrogen-bond acceptors (Lipinski definition) is 3. The number of likely N-dealkylation sites (N-methyl/N-ethyl adjacent to an activating group) is 1. The molecule has 2 rings (SSSR count). The molecule has 6 heteroatoms. The fraction of sp³-hybridized carbons (Fsp3) is 0.955. The fourth-order valence-electron chi connectivity index (χ4n) is 4.41. The molecule has 1 aliphatic carbocycles. The van der Waals surface area contributed by atoms with Gasteiger partial charge in [0.05, 0.1) is 0 Å². The SMILES string of the molecule is CCNC(=NCCCCN1CCN(CC)CC1)NC1CCC(C(C)C)CC1.I. The zero-order valence-corrected chi connectivity index (χ0v) is 21.2. The van der Waals surface area contributed by atoms with Gasteiger partial charge >= 0.3 is 0 Å². The van der Waals surface area contributed by atoms with E-state index in [0.29, 0.717) is 6.04 Å². The summed E-state index contributed by atoms with van der Waals surface area (Å²) in [6.45, 7) is 18.4. The minimum Gasteiger partial charge on any atom is -0.357 e. The number of piperazine rings is 1. The van der Waals surface area contributed by atoms with Crippen molar-refractivity contribution in [3.05, 3.63) is 0 Å². The highest BCUT2D eigenvalue weighted by molar-refractivity contribution is 14.0. The molecule has 0 aromatic rings. The van der Waals surface area contributed by atoms with Crippen molar-refractivity contribution >= 4 is 29.9 Å². The molecule has 0 bridgehead atoms. The maximum Gasteiger partial charge on any atom is 0.191 e. The van der Waals surface area contributed by atoms with Gasteiger partial charge in [-0.05, 0) is 70.4 Å². The van der Waals surface area contributed by atoms with Crippen LogP contribution in [0, 0.1) is 11.8 Å². The standard InChI is InChI=1S/C22H45N5.HI/c1-5-23-22(25-21-11-9-20(10-12-21)19(3)4)24-13-7-8-14-27-17-15-26(6-2)16-18-27;/h19-21H,5-18H2,1-4H3,(H2,23,24,25);1H. The Balaban J connectivity index is 0.00000392. The topological polar surface area (TPSA) is 42.9 Å². The largest absolute Gasteiger partial charge is 0.357 e. The van der Waals surface area contributed by atoms with E-state index in [-0.39, 0.29) is 24.0 Å². The molecular weight excluding hydrogens is 461 g/mol. The second-order valence-corrected chi connectivity index (χ2v) is 8.74. The van der Waals surface area contributed by atoms with Gasteiger partial charge in [0.2, 0.25) is 0 Å². The van der Waals surface area contributed by atoms with Crippen molar-refractivity contribution in [1.29, 1.82) is 0 Å². The number of nitrogens with one attached hydrogen (secondary N) is 2. The number of unbranched alkanes of at least 4 members (excludes halogenated alkanes) is 1. The van der Waals surface area contributed by atoms with Crippen molar-refractivity contribution in [3.8, 4) is 0 Å². The average molecular weight is 508 g/mol. The second-order valence-electron chi connectivity index (χ2n) is 8.74. The van der Waals surface area contributed by atoms with Crippen molar-refractivity contribution in [2.24, 2.45) is 16.8 Å². The molecule has 1 aliphatic heterocycles. The fourth-order valence-corrected chi connectivity index (χ4v) is 4.41. The number of aliphatic imine (C=N–C) groups is 1. The van der Waals surface area contributed by atoms with E-state index in [1.165, 1.54) is 77.8 Å². The van der Waals surface area contributed by atoms with Gasteiger partial charge in [0.25, 0.3) is 0 Å². The molecule has 1 saturated carbocycles. The van der Waals surface area contributed by atoms with Crippen molar-refractivity contribution in [2.75, 3.05) is 52.4 Å². The minimum absolute atomic E-state index is 0. The lowest BCUT2D eigenvalue weighted by Gasteiger charge is -2.34. The Morgan fingerprint density at radius 1 is 0.964 bits per heavy atom. The zero-order chi connectivity index (χ0) is 19.5. The smallest absolute Gasteiger partial charge is 0.191 e. The summed E-state index contributed by atoms with van der Waals surface area (Å²) < 4.78 is 0. The minimum atomic E-state index is 0. The highest BCUT2D eigenvalue weighted by atomic mass is 127. The third-order valence-corrected chi connectivity index (χ3v) is 6.46. The van der Waals surface area contributed by atoms with Crippen LogP contribution in [0.1, 0.15) is 66.2 Å². The predicted molar refractivity (Wildman–Crippen MR) is 133 cm³/mol. The average Bonchev–Trinajstić information content (AvgIpc) is 2.68. The van der Waals surface area contributed by atoms with Crippen molar-refractivity contribution in [3.63, 3.8) is 0 Å². The van der Waals surface area contributed by atoms with Gasteiger partial charge in [-0.25, -0.2) is 0 Å². The van der Waals surface area contributed by atoms with E-state index in [9.17, 15) is 0 Å². The van der Waals surface area contributed by atoms with Crippen LogP contribution in [0.3, 0.4) is 0 Å². The molecule has 2 fully saturated rings. The molecule has 166 valence electrons. The molecular formula is C22H46IN5. The van der Waals surface area contributed by atoms with Gasteiger partial charge in [0.1, 0.15) is 0 Å². The Hall–Kier alpha value is -0.0800. The number of hydrogen-bond donors (Lipinski definition) is 2. The van der Waals surface area contributed by atoms with Crippen LogP contribution in [0.4, 0.5) is 0 Å². The predicted octanol–water partition coefficient (Wildman–Crippen LogP) is 3.79. The highest BCUT2D eigenvalue weighted by Crippen LogP contribution is 2.29. The number of guanidine groups is 1. The van der Waals surface area contributed by atoms with Gasteiger partial charge < -0.3 is 20.4 Å². The van der Waals surface area contributed by atoms with Crippen LogP contribution in [0.5, 0.6) is 0 Å². The van der Waals surface area contributed by atoms with Crippen LogP contribution < -0.4 is 10.6 Å². The van der Waals surface area contributed by atoms with E-state index < -0.39 is 0 Å². The van der Waals surface area contributed by atoms with E-state index in [1.807, 2.05) is 0 Å². The summed E-state index contributed by atoms with van der Waals surface area (Å²) in [6, 6.07) is 0.604. The van der Waals surface area contributed by atoms with Gasteiger partial charge in [0, 0.05) is 45.3 Å². The monoisotopic (exact) mass is 507 g/mol. The summed E-state index contributed by atoms with van der Waals surface area (Å²) in [7, 11) is 0. The third kappa shape index (κ3) is 9.61. The molecule has 0 unspecified atom stereocenters. The van der Waals surface area contributed by atoms with E-state index in [0.717, 1.165) is 30.9 Å². The summed E-state index contributed by atoms with van der Waals surface area (Å²) in [5.74, 6) is 2.78. The summed E-state index contributed by atoms with van der Waals surface area (Å²) >= 11 is 0. The molecule has 0 atom stereocenters. The molecule has 0 spiro atoms. The maximum absolute atomic E-state index is 4.84. The molecule has 0 radical (unpaired) electrons. The number of nitrogens with zero attached hydrogens (tertiary/aromatic N) is 3. The zero-order valence-electron chi connectivity index (χ0n) is 18.9. The van der Waals surface area contributed by atoms with Crippen LogP contribution in [0.2, 0.25) is 0 Å². The summed E-state index contributed by atoms with van der Waals surface area (Å²) in [4.78, 5) is 10.0. The summed E-state index contributed by atoms with van der Waals surface area (Å²) in [5.41, 5.74) is 0. The lowest BCUT2D eigenvalue weighted by atomic mass is 9.80. The summed E-state index contributed by atoms with van der Waals surface area (Å²) in [6.07, 6.45) is 7.74. The maximum atomic E-state index is 4.84. The summed E-state index contributed by atoms with van der Waals surface area (Å²) in [5, 5.41) is 7.13. The van der Waals surface area contributed by atoms with Crippen LogP contribution >= 0.6 is 24.0 Å². The third-order valence-electron chi connectivity index (χ3n) is 6.46. The van der Waals surface area contributed by atoms with E-state index in [4.69, 9.17) is 4.99 Å². The van der Waals surface area contributed by atoms with Crippen LogP contribution in [0.15, 0.2) is 4.99 Å². The Morgan fingerprint density at radius 2 is 1.61 bits per heavy atom. The van der Waals surface area contributed by atoms with Crippen molar-refractivity contribution in [1.82, 2.24) is 20.4 Å². The number of halogens is 1. The molecule has 1 heterocycles. The number of rotatable bonds is 9. The Bertz CT molecular complexity index is 413. The van der Waals surface area contributed by atoms with Crippen molar-refractivity contribution in [2.45, 2.75) is 72.3 Å². The Kier molecular flexibility index (Phi) is 13.7. The van der Waals surface area contributed by atoms with Crippen LogP contribution in [0.25, 0.3) is 0 Å². The van der Waals surface area contributed by atoms with Crippen molar-refractivity contribution < 1.29 is 0 Å². The first-order valence-electron chi connectivity index (χ1n) is 11.6. The van der Waals surface area contributed by atoms with Crippen LogP contribution in [-0.4, -0.2) is 74.2 Å². The molecule has 28 heavy (non-hydrogen) atoms. The lowest BCUT2D eigenvalue weighted by Crippen LogP contribution is -2.46. The molecule has 0 aromatic carbocycles. The molecule has 5 nitrogen and oxygen atoms in total. The van der Waals surface area contributed by atoms with Gasteiger partial charge in [-0.2, -0.15) is 0 Å². The Morgan fingerprint density at radius 3 is 2.18 bits per heavy atom. The van der Waals surface area contributed by atoms with Gasteiger partial charge in [-0.15, -0.1) is 24.0 Å². The van der Waals surface area contributed by atoms with Gasteiger partial charge in [0.15, 0.2) is 5.96 Å². The second kappa shape index (κ2) is 14.8. The van der Waals surface area contributed by atoms with Gasteiger partial charge in [-0.1, -0.05) is 20.8 Å². The first-order chi connectivity index (χ1) is 13.1. The van der Waals surface area contributed by atoms with Crippen LogP contribution in [-0.2, 0) is 0 Å². The lowest BCUT2D eigenvalue weighted by molar-refractivity contribution is 0.136. The first kappa shape index (κ1) is 26.0.